The monoisotopic (exact) mass is 284 g/mol. The first-order valence-corrected chi connectivity index (χ1v) is 7.45. The zero-order chi connectivity index (χ0) is 15.0. The number of hydrogen-bond acceptors (Lipinski definition) is 3. The minimum absolute atomic E-state index is 0.201. The lowest BCUT2D eigenvalue weighted by atomic mass is 10.1. The van der Waals surface area contributed by atoms with Crippen LogP contribution in [0.25, 0.3) is 0 Å². The van der Waals surface area contributed by atoms with Gasteiger partial charge in [-0.15, -0.1) is 0 Å². The van der Waals surface area contributed by atoms with Crippen molar-refractivity contribution in [2.45, 2.75) is 39.7 Å². The van der Waals surface area contributed by atoms with E-state index in [4.69, 9.17) is 4.74 Å². The molecular weight excluding hydrogens is 256 g/mol. The van der Waals surface area contributed by atoms with Crippen LogP contribution >= 0.6 is 0 Å². The van der Waals surface area contributed by atoms with Crippen molar-refractivity contribution in [3.63, 3.8) is 0 Å². The molecule has 0 aromatic heterocycles. The van der Waals surface area contributed by atoms with E-state index in [1.54, 1.807) is 11.9 Å². The van der Waals surface area contributed by atoms with Gasteiger partial charge in [0.1, 0.15) is 0 Å². The molecule has 1 heterocycles. The van der Waals surface area contributed by atoms with Gasteiger partial charge in [-0.3, -0.25) is 4.99 Å². The number of rotatable bonds is 4. The van der Waals surface area contributed by atoms with Crippen molar-refractivity contribution in [3.8, 4) is 0 Å². The highest BCUT2D eigenvalue weighted by Crippen LogP contribution is 2.11. The second-order valence-electron chi connectivity index (χ2n) is 5.45. The molecule has 0 unspecified atom stereocenters. The van der Waals surface area contributed by atoms with Gasteiger partial charge in [0.05, 0.1) is 6.61 Å². The van der Waals surface area contributed by atoms with Gasteiger partial charge in [0.2, 0.25) is 0 Å². The SMILES string of the molecule is CCOC(=O)N1CCC(NC(=NC)NCC(C)C)CC1. The van der Waals surface area contributed by atoms with Crippen molar-refractivity contribution < 1.29 is 9.53 Å². The van der Waals surface area contributed by atoms with Crippen LogP contribution in [0.2, 0.25) is 0 Å². The minimum atomic E-state index is -0.201. The summed E-state index contributed by atoms with van der Waals surface area (Å²) in [6, 6.07) is 0.360. The van der Waals surface area contributed by atoms with Crippen LogP contribution in [0.3, 0.4) is 0 Å². The maximum Gasteiger partial charge on any atom is 0.409 e. The van der Waals surface area contributed by atoms with Gasteiger partial charge >= 0.3 is 6.09 Å². The van der Waals surface area contributed by atoms with E-state index in [2.05, 4.69) is 29.5 Å². The summed E-state index contributed by atoms with van der Waals surface area (Å²) in [5, 5.41) is 6.72. The van der Waals surface area contributed by atoms with Gasteiger partial charge in [-0.05, 0) is 25.7 Å². The molecule has 1 aliphatic rings. The van der Waals surface area contributed by atoms with Gasteiger partial charge in [0, 0.05) is 32.7 Å². The quantitative estimate of drug-likeness (QED) is 0.605. The Balaban J connectivity index is 2.32. The average Bonchev–Trinajstić information content (AvgIpc) is 2.44. The van der Waals surface area contributed by atoms with Crippen LogP contribution in [-0.2, 0) is 4.74 Å². The fourth-order valence-corrected chi connectivity index (χ4v) is 2.11. The molecule has 0 saturated carbocycles. The number of ether oxygens (including phenoxy) is 1. The summed E-state index contributed by atoms with van der Waals surface area (Å²) in [5.41, 5.74) is 0. The number of nitrogens with zero attached hydrogens (tertiary/aromatic N) is 2. The number of carbonyl (C=O) groups is 1. The van der Waals surface area contributed by atoms with Crippen molar-refractivity contribution in [1.29, 1.82) is 0 Å². The summed E-state index contributed by atoms with van der Waals surface area (Å²) in [6.07, 6.45) is 1.64. The molecule has 0 spiro atoms. The fourth-order valence-electron chi connectivity index (χ4n) is 2.11. The maximum atomic E-state index is 11.6. The van der Waals surface area contributed by atoms with E-state index in [0.29, 0.717) is 18.6 Å². The lowest BCUT2D eigenvalue weighted by molar-refractivity contribution is 0.0963. The van der Waals surface area contributed by atoms with E-state index in [-0.39, 0.29) is 6.09 Å². The van der Waals surface area contributed by atoms with Gasteiger partial charge in [-0.1, -0.05) is 13.8 Å². The molecule has 1 rings (SSSR count). The Hall–Kier alpha value is -1.46. The predicted octanol–water partition coefficient (Wildman–Crippen LogP) is 1.43. The largest absolute Gasteiger partial charge is 0.450 e. The topological polar surface area (TPSA) is 66.0 Å². The highest BCUT2D eigenvalue weighted by Gasteiger charge is 2.23. The van der Waals surface area contributed by atoms with E-state index in [1.165, 1.54) is 0 Å². The van der Waals surface area contributed by atoms with Gasteiger partial charge in [0.25, 0.3) is 0 Å². The third kappa shape index (κ3) is 5.67. The Bertz CT molecular complexity index is 323. The Morgan fingerprint density at radius 3 is 2.55 bits per heavy atom. The molecule has 20 heavy (non-hydrogen) atoms. The highest BCUT2D eigenvalue weighted by atomic mass is 16.6. The summed E-state index contributed by atoms with van der Waals surface area (Å²) in [7, 11) is 1.78. The van der Waals surface area contributed by atoms with Crippen molar-refractivity contribution in [1.82, 2.24) is 15.5 Å². The van der Waals surface area contributed by atoms with Gasteiger partial charge < -0.3 is 20.3 Å². The van der Waals surface area contributed by atoms with Gasteiger partial charge in [-0.25, -0.2) is 4.79 Å². The van der Waals surface area contributed by atoms with Crippen LogP contribution in [0.15, 0.2) is 4.99 Å². The number of hydrogen-bond donors (Lipinski definition) is 2. The molecule has 0 atom stereocenters. The zero-order valence-corrected chi connectivity index (χ0v) is 13.1. The normalized spacial score (nSPS) is 17.2. The first kappa shape index (κ1) is 16.6. The molecule has 1 fully saturated rings. The van der Waals surface area contributed by atoms with Crippen molar-refractivity contribution in [2.75, 3.05) is 33.3 Å². The number of carbonyl (C=O) groups excluding carboxylic acids is 1. The summed E-state index contributed by atoms with van der Waals surface area (Å²) in [5.74, 6) is 1.42. The number of amides is 1. The van der Waals surface area contributed by atoms with Crippen molar-refractivity contribution in [3.05, 3.63) is 0 Å². The Labute approximate surface area is 122 Å². The van der Waals surface area contributed by atoms with Crippen molar-refractivity contribution >= 4 is 12.1 Å². The van der Waals surface area contributed by atoms with Gasteiger partial charge in [0.15, 0.2) is 5.96 Å². The second kappa shape index (κ2) is 8.66. The molecule has 2 N–H and O–H groups in total. The molecule has 0 aromatic rings. The van der Waals surface area contributed by atoms with Crippen molar-refractivity contribution in [2.24, 2.45) is 10.9 Å². The van der Waals surface area contributed by atoms with E-state index in [9.17, 15) is 4.79 Å². The number of piperidine rings is 1. The molecule has 116 valence electrons. The second-order valence-corrected chi connectivity index (χ2v) is 5.45. The molecule has 6 heteroatoms. The standard InChI is InChI=1S/C14H28N4O2/c1-5-20-14(19)18-8-6-12(7-9-18)17-13(15-4)16-10-11(2)3/h11-12H,5-10H2,1-4H3,(H2,15,16,17). The van der Waals surface area contributed by atoms with Gasteiger partial charge in [-0.2, -0.15) is 0 Å². The number of guanidine groups is 1. The highest BCUT2D eigenvalue weighted by molar-refractivity contribution is 5.80. The molecule has 0 radical (unpaired) electrons. The molecule has 1 aliphatic heterocycles. The van der Waals surface area contributed by atoms with Crippen LogP contribution in [-0.4, -0.2) is 56.3 Å². The molecule has 0 aliphatic carbocycles. The molecule has 1 saturated heterocycles. The van der Waals surface area contributed by atoms with Crippen LogP contribution < -0.4 is 10.6 Å². The molecular formula is C14H28N4O2. The smallest absolute Gasteiger partial charge is 0.409 e. The number of likely N-dealkylation sites (tertiary alicyclic amines) is 1. The molecule has 0 aromatic carbocycles. The average molecular weight is 284 g/mol. The van der Waals surface area contributed by atoms with E-state index < -0.39 is 0 Å². The Morgan fingerprint density at radius 1 is 1.40 bits per heavy atom. The summed E-state index contributed by atoms with van der Waals surface area (Å²) in [4.78, 5) is 17.6. The lowest BCUT2D eigenvalue weighted by Crippen LogP contribution is -2.50. The first-order chi connectivity index (χ1) is 9.56. The van der Waals surface area contributed by atoms with Crippen LogP contribution in [0.5, 0.6) is 0 Å². The minimum Gasteiger partial charge on any atom is -0.450 e. The third-order valence-corrected chi connectivity index (χ3v) is 3.26. The predicted molar refractivity (Wildman–Crippen MR) is 81.0 cm³/mol. The lowest BCUT2D eigenvalue weighted by Gasteiger charge is -2.32. The number of aliphatic imine (C=N–C) groups is 1. The van der Waals surface area contributed by atoms with Crippen LogP contribution in [0.4, 0.5) is 4.79 Å². The Morgan fingerprint density at radius 2 is 2.05 bits per heavy atom. The van der Waals surface area contributed by atoms with Crippen LogP contribution in [0, 0.1) is 5.92 Å². The maximum absolute atomic E-state index is 11.6. The molecule has 6 nitrogen and oxygen atoms in total. The van der Waals surface area contributed by atoms with Crippen LogP contribution in [0.1, 0.15) is 33.6 Å². The van der Waals surface area contributed by atoms with E-state index in [0.717, 1.165) is 38.4 Å². The van der Waals surface area contributed by atoms with E-state index >= 15 is 0 Å². The Kier molecular flexibility index (Phi) is 7.18. The molecule has 1 amide bonds. The summed E-state index contributed by atoms with van der Waals surface area (Å²) < 4.78 is 5.01. The summed E-state index contributed by atoms with van der Waals surface area (Å²) >= 11 is 0. The van der Waals surface area contributed by atoms with E-state index in [1.807, 2.05) is 6.92 Å². The fraction of sp³-hybridized carbons (Fsp3) is 0.857. The molecule has 0 bridgehead atoms. The zero-order valence-electron chi connectivity index (χ0n) is 13.1. The third-order valence-electron chi connectivity index (χ3n) is 3.26. The number of nitrogens with one attached hydrogen (secondary N) is 2. The first-order valence-electron chi connectivity index (χ1n) is 7.45. The summed E-state index contributed by atoms with van der Waals surface area (Å²) in [6.45, 7) is 8.96.